The molecule has 16 heavy (non-hydrogen) atoms. The van der Waals surface area contributed by atoms with E-state index in [-0.39, 0.29) is 0 Å². The molecule has 0 aliphatic carbocycles. The fourth-order valence-corrected chi connectivity index (χ4v) is 1.24. The van der Waals surface area contributed by atoms with Gasteiger partial charge in [0.05, 0.1) is 11.9 Å². The van der Waals surface area contributed by atoms with E-state index in [4.69, 9.17) is 4.74 Å². The predicted molar refractivity (Wildman–Crippen MR) is 66.6 cm³/mol. The first-order chi connectivity index (χ1) is 7.29. The topological polar surface area (TPSA) is 42.4 Å². The highest BCUT2D eigenvalue weighted by atomic mass is 79.9. The zero-order chi connectivity index (χ0) is 12.3. The van der Waals surface area contributed by atoms with Gasteiger partial charge in [-0.1, -0.05) is 0 Å². The number of anilines is 1. The summed E-state index contributed by atoms with van der Waals surface area (Å²) in [6.45, 7) is 5.50. The first kappa shape index (κ1) is 13.0. The number of ether oxygens (including phenoxy) is 1. The fraction of sp³-hybridized carbons (Fsp3) is 0.455. The molecule has 0 spiro atoms. The van der Waals surface area contributed by atoms with E-state index in [1.165, 1.54) is 4.90 Å². The third-order valence-corrected chi connectivity index (χ3v) is 2.24. The molecule has 0 saturated heterocycles. The van der Waals surface area contributed by atoms with Gasteiger partial charge in [0.25, 0.3) is 0 Å². The minimum absolute atomic E-state index is 0.392. The van der Waals surface area contributed by atoms with E-state index in [1.54, 1.807) is 25.4 Å². The van der Waals surface area contributed by atoms with Crippen LogP contribution in [0, 0.1) is 0 Å². The second-order valence-electron chi connectivity index (χ2n) is 4.38. The number of hydrogen-bond donors (Lipinski definition) is 0. The van der Waals surface area contributed by atoms with Gasteiger partial charge in [-0.25, -0.2) is 9.78 Å². The van der Waals surface area contributed by atoms with Crippen LogP contribution >= 0.6 is 15.9 Å². The molecule has 0 aromatic carbocycles. The van der Waals surface area contributed by atoms with Crippen molar-refractivity contribution in [2.75, 3.05) is 11.9 Å². The van der Waals surface area contributed by atoms with Gasteiger partial charge in [-0.15, -0.1) is 0 Å². The summed E-state index contributed by atoms with van der Waals surface area (Å²) in [5.41, 5.74) is 0.200. The standard InChI is InChI=1S/C11H15BrN2O2/c1-11(2,3)16-10(15)14(4)8-5-6-9(12)13-7-8/h5-7H,1-4H3. The molecule has 1 aromatic heterocycles. The average Bonchev–Trinajstić information content (AvgIpc) is 2.15. The van der Waals surface area contributed by atoms with Crippen molar-refractivity contribution >= 4 is 27.7 Å². The number of amides is 1. The Labute approximate surface area is 104 Å². The largest absolute Gasteiger partial charge is 0.443 e. The van der Waals surface area contributed by atoms with Crippen LogP contribution in [0.25, 0.3) is 0 Å². The maximum absolute atomic E-state index is 11.7. The van der Waals surface area contributed by atoms with E-state index >= 15 is 0 Å². The SMILES string of the molecule is CN(C(=O)OC(C)(C)C)c1ccc(Br)nc1. The molecule has 4 nitrogen and oxygen atoms in total. The van der Waals surface area contributed by atoms with Crippen molar-refractivity contribution in [3.63, 3.8) is 0 Å². The van der Waals surface area contributed by atoms with Crippen molar-refractivity contribution < 1.29 is 9.53 Å². The van der Waals surface area contributed by atoms with Crippen LogP contribution in [0.1, 0.15) is 20.8 Å². The number of pyridine rings is 1. The number of carbonyl (C=O) groups excluding carboxylic acids is 1. The van der Waals surface area contributed by atoms with Crippen molar-refractivity contribution in [3.05, 3.63) is 22.9 Å². The summed E-state index contributed by atoms with van der Waals surface area (Å²) in [4.78, 5) is 17.2. The summed E-state index contributed by atoms with van der Waals surface area (Å²) in [5.74, 6) is 0. The summed E-state index contributed by atoms with van der Waals surface area (Å²) >= 11 is 3.23. The van der Waals surface area contributed by atoms with Crippen molar-refractivity contribution in [2.45, 2.75) is 26.4 Å². The highest BCUT2D eigenvalue weighted by Gasteiger charge is 2.20. The van der Waals surface area contributed by atoms with E-state index < -0.39 is 11.7 Å². The Morgan fingerprint density at radius 1 is 1.44 bits per heavy atom. The molecule has 0 fully saturated rings. The molecule has 0 unspecified atom stereocenters. The second kappa shape index (κ2) is 4.82. The van der Waals surface area contributed by atoms with Gasteiger partial charge in [0.2, 0.25) is 0 Å². The minimum Gasteiger partial charge on any atom is -0.443 e. The normalized spacial score (nSPS) is 11.1. The quantitative estimate of drug-likeness (QED) is 0.745. The van der Waals surface area contributed by atoms with Crippen LogP contribution in [0.5, 0.6) is 0 Å². The Bertz CT molecular complexity index is 371. The Kier molecular flexibility index (Phi) is 3.91. The number of rotatable bonds is 1. The van der Waals surface area contributed by atoms with Crippen LogP contribution in [0.4, 0.5) is 10.5 Å². The van der Waals surface area contributed by atoms with Gasteiger partial charge in [-0.05, 0) is 48.8 Å². The van der Waals surface area contributed by atoms with Crippen LogP contribution in [0.2, 0.25) is 0 Å². The highest BCUT2D eigenvalue weighted by molar-refractivity contribution is 9.10. The molecule has 1 aromatic rings. The number of nitrogens with zero attached hydrogens (tertiary/aromatic N) is 2. The summed E-state index contributed by atoms with van der Waals surface area (Å²) in [5, 5.41) is 0. The van der Waals surface area contributed by atoms with Gasteiger partial charge in [0, 0.05) is 7.05 Å². The molecule has 1 heterocycles. The molecule has 0 aliphatic rings. The van der Waals surface area contributed by atoms with Crippen LogP contribution in [-0.2, 0) is 4.74 Å². The van der Waals surface area contributed by atoms with Gasteiger partial charge in [-0.2, -0.15) is 0 Å². The van der Waals surface area contributed by atoms with Crippen LogP contribution < -0.4 is 4.90 Å². The van der Waals surface area contributed by atoms with Gasteiger partial charge in [0.1, 0.15) is 10.2 Å². The molecule has 1 amide bonds. The van der Waals surface area contributed by atoms with Gasteiger partial charge >= 0.3 is 6.09 Å². The maximum Gasteiger partial charge on any atom is 0.414 e. The van der Waals surface area contributed by atoms with E-state index in [0.717, 1.165) is 4.60 Å². The minimum atomic E-state index is -0.492. The van der Waals surface area contributed by atoms with Crippen LogP contribution in [0.3, 0.4) is 0 Å². The molecule has 0 atom stereocenters. The first-order valence-corrected chi connectivity index (χ1v) is 5.67. The van der Waals surface area contributed by atoms with E-state index in [1.807, 2.05) is 20.8 Å². The molecule has 1 rings (SSSR count). The van der Waals surface area contributed by atoms with Gasteiger partial charge < -0.3 is 4.74 Å². The fourth-order valence-electron chi connectivity index (χ4n) is 1.00. The van der Waals surface area contributed by atoms with E-state index in [2.05, 4.69) is 20.9 Å². The lowest BCUT2D eigenvalue weighted by molar-refractivity contribution is 0.0589. The molecule has 88 valence electrons. The molecule has 5 heteroatoms. The third-order valence-electron chi connectivity index (χ3n) is 1.77. The lowest BCUT2D eigenvalue weighted by atomic mass is 10.2. The molecule has 0 aliphatic heterocycles. The van der Waals surface area contributed by atoms with Crippen molar-refractivity contribution in [3.8, 4) is 0 Å². The average molecular weight is 287 g/mol. The number of hydrogen-bond acceptors (Lipinski definition) is 3. The molecule has 0 bridgehead atoms. The monoisotopic (exact) mass is 286 g/mol. The first-order valence-electron chi connectivity index (χ1n) is 4.88. The lowest BCUT2D eigenvalue weighted by Crippen LogP contribution is -2.34. The maximum atomic E-state index is 11.7. The second-order valence-corrected chi connectivity index (χ2v) is 5.19. The highest BCUT2D eigenvalue weighted by Crippen LogP contribution is 2.17. The summed E-state index contributed by atoms with van der Waals surface area (Å²) in [7, 11) is 1.65. The predicted octanol–water partition coefficient (Wildman–Crippen LogP) is 3.22. The van der Waals surface area contributed by atoms with E-state index in [9.17, 15) is 4.79 Å². The van der Waals surface area contributed by atoms with Crippen molar-refractivity contribution in [1.29, 1.82) is 0 Å². The third kappa shape index (κ3) is 3.81. The van der Waals surface area contributed by atoms with Crippen LogP contribution in [0.15, 0.2) is 22.9 Å². The van der Waals surface area contributed by atoms with E-state index in [0.29, 0.717) is 5.69 Å². The zero-order valence-electron chi connectivity index (χ0n) is 9.82. The number of aromatic nitrogens is 1. The number of carbonyl (C=O) groups is 1. The smallest absolute Gasteiger partial charge is 0.414 e. The van der Waals surface area contributed by atoms with Gasteiger partial charge in [-0.3, -0.25) is 4.90 Å². The van der Waals surface area contributed by atoms with Crippen molar-refractivity contribution in [2.24, 2.45) is 0 Å². The van der Waals surface area contributed by atoms with Gasteiger partial charge in [0.15, 0.2) is 0 Å². The summed E-state index contributed by atoms with van der Waals surface area (Å²) in [6.07, 6.45) is 1.21. The molecular weight excluding hydrogens is 272 g/mol. The summed E-state index contributed by atoms with van der Waals surface area (Å²) < 4.78 is 5.96. The molecule has 0 radical (unpaired) electrons. The Morgan fingerprint density at radius 2 is 2.06 bits per heavy atom. The number of halogens is 1. The zero-order valence-corrected chi connectivity index (χ0v) is 11.4. The molecule has 0 saturated carbocycles. The van der Waals surface area contributed by atoms with Crippen LogP contribution in [-0.4, -0.2) is 23.7 Å². The molecule has 0 N–H and O–H groups in total. The summed E-state index contributed by atoms with van der Waals surface area (Å²) in [6, 6.07) is 3.57. The Hall–Kier alpha value is -1.10. The Morgan fingerprint density at radius 3 is 2.50 bits per heavy atom. The lowest BCUT2D eigenvalue weighted by Gasteiger charge is -2.24. The van der Waals surface area contributed by atoms with Crippen molar-refractivity contribution in [1.82, 2.24) is 4.98 Å². The Balaban J connectivity index is 2.74. The molecular formula is C11H15BrN2O2.